The largest absolute Gasteiger partial charge is 0.481 e. The molecule has 0 aliphatic rings. The standard InChI is InChI=1S/C16H16BrNO3/c1-21-15-12(6-4-8-18-15)10-13(16(19)20)9-11-5-2-3-7-14(11)17/h2-8,13H,9-10H2,1H3,(H,19,20). The molecule has 1 aromatic carbocycles. The van der Waals surface area contributed by atoms with Crippen LogP contribution < -0.4 is 4.74 Å². The summed E-state index contributed by atoms with van der Waals surface area (Å²) in [6, 6.07) is 11.3. The van der Waals surface area contributed by atoms with Gasteiger partial charge >= 0.3 is 5.97 Å². The first-order valence-corrected chi connectivity index (χ1v) is 7.35. The monoisotopic (exact) mass is 349 g/mol. The number of hydrogen-bond acceptors (Lipinski definition) is 3. The number of carboxylic acids is 1. The molecule has 0 amide bonds. The average molecular weight is 350 g/mol. The third-order valence-electron chi connectivity index (χ3n) is 3.28. The summed E-state index contributed by atoms with van der Waals surface area (Å²) in [5.41, 5.74) is 1.78. The van der Waals surface area contributed by atoms with Gasteiger partial charge in [0.2, 0.25) is 5.88 Å². The molecule has 1 unspecified atom stereocenters. The summed E-state index contributed by atoms with van der Waals surface area (Å²) in [5, 5.41) is 9.47. The van der Waals surface area contributed by atoms with Crippen LogP contribution in [0.4, 0.5) is 0 Å². The van der Waals surface area contributed by atoms with Crippen LogP contribution in [0, 0.1) is 5.92 Å². The maximum atomic E-state index is 11.5. The van der Waals surface area contributed by atoms with Crippen LogP contribution in [0.1, 0.15) is 11.1 Å². The fraction of sp³-hybridized carbons (Fsp3) is 0.250. The van der Waals surface area contributed by atoms with Gasteiger partial charge in [0.1, 0.15) is 0 Å². The first-order valence-electron chi connectivity index (χ1n) is 6.56. The fourth-order valence-corrected chi connectivity index (χ4v) is 2.65. The maximum Gasteiger partial charge on any atom is 0.307 e. The molecule has 0 aliphatic carbocycles. The van der Waals surface area contributed by atoms with Crippen molar-refractivity contribution in [3.05, 3.63) is 58.2 Å². The molecule has 110 valence electrons. The van der Waals surface area contributed by atoms with Crippen molar-refractivity contribution in [2.45, 2.75) is 12.8 Å². The van der Waals surface area contributed by atoms with Crippen LogP contribution in [0.25, 0.3) is 0 Å². The van der Waals surface area contributed by atoms with Crippen molar-refractivity contribution in [3.63, 3.8) is 0 Å². The normalized spacial score (nSPS) is 11.9. The number of pyridine rings is 1. The Morgan fingerprint density at radius 2 is 1.90 bits per heavy atom. The lowest BCUT2D eigenvalue weighted by molar-refractivity contribution is -0.141. The molecule has 1 aromatic heterocycles. The van der Waals surface area contributed by atoms with E-state index in [0.29, 0.717) is 18.7 Å². The van der Waals surface area contributed by atoms with Crippen LogP contribution in [0.2, 0.25) is 0 Å². The minimum atomic E-state index is -0.823. The van der Waals surface area contributed by atoms with Gasteiger partial charge in [0.25, 0.3) is 0 Å². The molecule has 5 heteroatoms. The molecule has 2 aromatic rings. The van der Waals surface area contributed by atoms with Crippen LogP contribution in [-0.4, -0.2) is 23.2 Å². The highest BCUT2D eigenvalue weighted by atomic mass is 79.9. The molecule has 0 spiro atoms. The lowest BCUT2D eigenvalue weighted by Crippen LogP contribution is -2.20. The highest BCUT2D eigenvalue weighted by Crippen LogP contribution is 2.24. The Morgan fingerprint density at radius 1 is 1.24 bits per heavy atom. The number of halogens is 1. The zero-order valence-corrected chi connectivity index (χ0v) is 13.2. The summed E-state index contributed by atoms with van der Waals surface area (Å²) < 4.78 is 6.11. The second-order valence-electron chi connectivity index (χ2n) is 4.71. The molecule has 4 nitrogen and oxygen atoms in total. The van der Waals surface area contributed by atoms with Gasteiger partial charge < -0.3 is 9.84 Å². The maximum absolute atomic E-state index is 11.5. The van der Waals surface area contributed by atoms with E-state index in [4.69, 9.17) is 4.74 Å². The van der Waals surface area contributed by atoms with Crippen molar-refractivity contribution < 1.29 is 14.6 Å². The summed E-state index contributed by atoms with van der Waals surface area (Å²) in [6.45, 7) is 0. The van der Waals surface area contributed by atoms with E-state index < -0.39 is 11.9 Å². The summed E-state index contributed by atoms with van der Waals surface area (Å²) in [4.78, 5) is 15.7. The van der Waals surface area contributed by atoms with Crippen LogP contribution in [0.3, 0.4) is 0 Å². The highest BCUT2D eigenvalue weighted by Gasteiger charge is 2.21. The van der Waals surface area contributed by atoms with Crippen molar-refractivity contribution in [1.82, 2.24) is 4.98 Å². The Kier molecular flexibility index (Phi) is 5.33. The molecule has 0 radical (unpaired) electrons. The number of ether oxygens (including phenoxy) is 1. The summed E-state index contributed by atoms with van der Waals surface area (Å²) in [6.07, 6.45) is 2.47. The first-order chi connectivity index (χ1) is 10.1. The van der Waals surface area contributed by atoms with Gasteiger partial charge in [-0.1, -0.05) is 40.2 Å². The average Bonchev–Trinajstić information content (AvgIpc) is 2.49. The Labute approximate surface area is 131 Å². The van der Waals surface area contributed by atoms with E-state index in [2.05, 4.69) is 20.9 Å². The fourth-order valence-electron chi connectivity index (χ4n) is 2.20. The van der Waals surface area contributed by atoms with E-state index in [1.165, 1.54) is 7.11 Å². The predicted molar refractivity (Wildman–Crippen MR) is 83.5 cm³/mol. The van der Waals surface area contributed by atoms with Crippen molar-refractivity contribution >= 4 is 21.9 Å². The summed E-state index contributed by atoms with van der Waals surface area (Å²) in [5.74, 6) is -0.866. The second kappa shape index (κ2) is 7.22. The number of methoxy groups -OCH3 is 1. The van der Waals surface area contributed by atoms with Gasteiger partial charge in [-0.25, -0.2) is 4.98 Å². The number of benzene rings is 1. The van der Waals surface area contributed by atoms with Crippen molar-refractivity contribution in [3.8, 4) is 5.88 Å². The molecule has 0 fully saturated rings. The van der Waals surface area contributed by atoms with Crippen LogP contribution >= 0.6 is 15.9 Å². The van der Waals surface area contributed by atoms with Gasteiger partial charge in [-0.05, 0) is 30.5 Å². The van der Waals surface area contributed by atoms with E-state index in [-0.39, 0.29) is 0 Å². The number of rotatable bonds is 6. The predicted octanol–water partition coefficient (Wildman–Crippen LogP) is 3.34. The van der Waals surface area contributed by atoms with Gasteiger partial charge in [0.05, 0.1) is 13.0 Å². The molecule has 0 aliphatic heterocycles. The van der Waals surface area contributed by atoms with Crippen LogP contribution in [-0.2, 0) is 17.6 Å². The van der Waals surface area contributed by atoms with Gasteiger partial charge in [-0.2, -0.15) is 0 Å². The van der Waals surface area contributed by atoms with Gasteiger partial charge in [-0.3, -0.25) is 4.79 Å². The minimum Gasteiger partial charge on any atom is -0.481 e. The molecule has 0 saturated carbocycles. The molecular weight excluding hydrogens is 334 g/mol. The molecule has 0 saturated heterocycles. The van der Waals surface area contributed by atoms with E-state index in [0.717, 1.165) is 15.6 Å². The zero-order valence-electron chi connectivity index (χ0n) is 11.6. The van der Waals surface area contributed by atoms with Crippen LogP contribution in [0.5, 0.6) is 5.88 Å². The minimum absolute atomic E-state index is 0.383. The third-order valence-corrected chi connectivity index (χ3v) is 4.06. The smallest absolute Gasteiger partial charge is 0.307 e. The van der Waals surface area contributed by atoms with Crippen molar-refractivity contribution in [1.29, 1.82) is 0 Å². The van der Waals surface area contributed by atoms with Gasteiger partial charge in [0.15, 0.2) is 0 Å². The zero-order chi connectivity index (χ0) is 15.2. The number of carbonyl (C=O) groups is 1. The second-order valence-corrected chi connectivity index (χ2v) is 5.56. The number of carboxylic acid groups (broad SMARTS) is 1. The summed E-state index contributed by atoms with van der Waals surface area (Å²) in [7, 11) is 1.54. The van der Waals surface area contributed by atoms with E-state index in [1.807, 2.05) is 30.3 Å². The van der Waals surface area contributed by atoms with Gasteiger partial charge in [-0.15, -0.1) is 0 Å². The lowest BCUT2D eigenvalue weighted by Gasteiger charge is -2.15. The molecule has 1 heterocycles. The van der Waals surface area contributed by atoms with E-state index in [1.54, 1.807) is 12.3 Å². The van der Waals surface area contributed by atoms with Gasteiger partial charge in [0, 0.05) is 16.2 Å². The van der Waals surface area contributed by atoms with E-state index >= 15 is 0 Å². The Bertz CT molecular complexity index is 630. The molecule has 1 N–H and O–H groups in total. The molecular formula is C16H16BrNO3. The van der Waals surface area contributed by atoms with E-state index in [9.17, 15) is 9.90 Å². The van der Waals surface area contributed by atoms with Crippen molar-refractivity contribution in [2.75, 3.05) is 7.11 Å². The molecule has 2 rings (SSSR count). The molecule has 21 heavy (non-hydrogen) atoms. The highest BCUT2D eigenvalue weighted by molar-refractivity contribution is 9.10. The quantitative estimate of drug-likeness (QED) is 0.868. The topological polar surface area (TPSA) is 59.4 Å². The first kappa shape index (κ1) is 15.5. The van der Waals surface area contributed by atoms with Crippen molar-refractivity contribution in [2.24, 2.45) is 5.92 Å². The Balaban J connectivity index is 2.20. The number of aliphatic carboxylic acids is 1. The Hall–Kier alpha value is -1.88. The number of aromatic nitrogens is 1. The Morgan fingerprint density at radius 3 is 2.57 bits per heavy atom. The molecule has 0 bridgehead atoms. The number of hydrogen-bond donors (Lipinski definition) is 1. The third kappa shape index (κ3) is 4.04. The number of nitrogens with zero attached hydrogens (tertiary/aromatic N) is 1. The SMILES string of the molecule is COc1ncccc1CC(Cc1ccccc1Br)C(=O)O. The lowest BCUT2D eigenvalue weighted by atomic mass is 9.93. The summed E-state index contributed by atoms with van der Waals surface area (Å²) >= 11 is 3.46. The molecule has 1 atom stereocenters. The van der Waals surface area contributed by atoms with Crippen LogP contribution in [0.15, 0.2) is 47.1 Å².